The van der Waals surface area contributed by atoms with Gasteiger partial charge >= 0.3 is 0 Å². The van der Waals surface area contributed by atoms with Crippen molar-refractivity contribution in [2.75, 3.05) is 11.1 Å². The molecule has 5 N–H and O–H groups in total. The summed E-state index contributed by atoms with van der Waals surface area (Å²) in [6.45, 7) is 3.64. The maximum absolute atomic E-state index is 11.9. The number of aromatic amines is 1. The molecule has 0 amide bonds. The first-order valence-corrected chi connectivity index (χ1v) is 6.20. The predicted octanol–water partition coefficient (Wildman–Crippen LogP) is 1.08. The second kappa shape index (κ2) is 5.27. The number of aliphatic hydroxyl groups excluding tert-OH is 1. The van der Waals surface area contributed by atoms with Crippen molar-refractivity contribution >= 4 is 22.5 Å². The van der Waals surface area contributed by atoms with Gasteiger partial charge in [0.25, 0.3) is 5.56 Å². The molecule has 6 heteroatoms. The molecule has 0 aliphatic heterocycles. The summed E-state index contributed by atoms with van der Waals surface area (Å²) < 4.78 is 0. The van der Waals surface area contributed by atoms with E-state index in [-0.39, 0.29) is 11.6 Å². The van der Waals surface area contributed by atoms with Crippen LogP contribution < -0.4 is 16.6 Å². The van der Waals surface area contributed by atoms with Crippen molar-refractivity contribution in [3.8, 4) is 0 Å². The van der Waals surface area contributed by atoms with Gasteiger partial charge in [-0.25, -0.2) is 4.98 Å². The third-order valence-corrected chi connectivity index (χ3v) is 2.81. The zero-order valence-electron chi connectivity index (χ0n) is 11.0. The molecule has 1 heterocycles. The molecule has 2 aromatic rings. The van der Waals surface area contributed by atoms with E-state index in [1.807, 2.05) is 6.92 Å². The minimum Gasteiger partial charge on any atom is -0.399 e. The van der Waals surface area contributed by atoms with Crippen LogP contribution in [0.25, 0.3) is 10.9 Å². The summed E-state index contributed by atoms with van der Waals surface area (Å²) >= 11 is 0. The van der Waals surface area contributed by atoms with Crippen molar-refractivity contribution in [2.24, 2.45) is 0 Å². The van der Waals surface area contributed by atoms with Crippen molar-refractivity contribution in [1.82, 2.24) is 9.97 Å². The zero-order valence-corrected chi connectivity index (χ0v) is 11.0. The molecule has 102 valence electrons. The van der Waals surface area contributed by atoms with Crippen LogP contribution in [0.2, 0.25) is 0 Å². The highest BCUT2D eigenvalue weighted by Gasteiger charge is 2.09. The van der Waals surface area contributed by atoms with Gasteiger partial charge in [-0.1, -0.05) is 0 Å². The quantitative estimate of drug-likeness (QED) is 0.617. The first-order chi connectivity index (χ1) is 8.95. The largest absolute Gasteiger partial charge is 0.399 e. The number of nitrogens with one attached hydrogen (secondary N) is 2. The lowest BCUT2D eigenvalue weighted by atomic mass is 10.1. The van der Waals surface area contributed by atoms with Crippen molar-refractivity contribution in [3.63, 3.8) is 0 Å². The fourth-order valence-corrected chi connectivity index (χ4v) is 2.03. The lowest BCUT2D eigenvalue weighted by Gasteiger charge is -2.15. The first-order valence-electron chi connectivity index (χ1n) is 6.20. The molecule has 2 atom stereocenters. The number of benzene rings is 1. The van der Waals surface area contributed by atoms with Crippen molar-refractivity contribution < 1.29 is 5.11 Å². The average molecular weight is 262 g/mol. The Labute approximate surface area is 110 Å². The van der Waals surface area contributed by atoms with Crippen LogP contribution >= 0.6 is 0 Å². The second-order valence-corrected chi connectivity index (χ2v) is 4.82. The Morgan fingerprint density at radius 3 is 2.89 bits per heavy atom. The summed E-state index contributed by atoms with van der Waals surface area (Å²) in [4.78, 5) is 18.9. The normalized spacial score (nSPS) is 14.3. The van der Waals surface area contributed by atoms with E-state index >= 15 is 0 Å². The Morgan fingerprint density at radius 2 is 2.21 bits per heavy atom. The number of hydrogen-bond acceptors (Lipinski definition) is 5. The molecule has 2 unspecified atom stereocenters. The number of rotatable bonds is 4. The van der Waals surface area contributed by atoms with Crippen molar-refractivity contribution in [2.45, 2.75) is 32.4 Å². The summed E-state index contributed by atoms with van der Waals surface area (Å²) in [5.41, 5.74) is 6.53. The standard InChI is InChI=1S/C13H18N4O2/c1-7(5-8(2)18)15-13-16-11-4-3-9(14)6-10(11)12(19)17-13/h3-4,6-8,18H,5,14H2,1-2H3,(H2,15,16,17,19). The minimum atomic E-state index is -0.408. The van der Waals surface area contributed by atoms with Crippen LogP contribution in [-0.2, 0) is 0 Å². The Kier molecular flexibility index (Phi) is 3.71. The van der Waals surface area contributed by atoms with Gasteiger partial charge in [0.2, 0.25) is 5.95 Å². The lowest BCUT2D eigenvalue weighted by Crippen LogP contribution is -2.23. The smallest absolute Gasteiger partial charge is 0.260 e. The van der Waals surface area contributed by atoms with E-state index in [1.54, 1.807) is 25.1 Å². The van der Waals surface area contributed by atoms with Gasteiger partial charge in [0.1, 0.15) is 0 Å². The number of nitrogen functional groups attached to an aromatic ring is 1. The maximum Gasteiger partial charge on any atom is 0.260 e. The predicted molar refractivity (Wildman–Crippen MR) is 76.2 cm³/mol. The van der Waals surface area contributed by atoms with E-state index in [2.05, 4.69) is 15.3 Å². The van der Waals surface area contributed by atoms with Gasteiger partial charge in [0, 0.05) is 11.7 Å². The number of anilines is 2. The minimum absolute atomic E-state index is 0.00869. The summed E-state index contributed by atoms with van der Waals surface area (Å²) in [5.74, 6) is 0.399. The molecule has 1 aromatic heterocycles. The molecule has 19 heavy (non-hydrogen) atoms. The fourth-order valence-electron chi connectivity index (χ4n) is 2.03. The van der Waals surface area contributed by atoms with Gasteiger partial charge in [0.15, 0.2) is 0 Å². The molecule has 0 bridgehead atoms. The number of nitrogens with zero attached hydrogens (tertiary/aromatic N) is 1. The number of aliphatic hydroxyl groups is 1. The van der Waals surface area contributed by atoms with Crippen LogP contribution in [0.3, 0.4) is 0 Å². The second-order valence-electron chi connectivity index (χ2n) is 4.82. The Morgan fingerprint density at radius 1 is 1.47 bits per heavy atom. The van der Waals surface area contributed by atoms with Gasteiger partial charge in [0.05, 0.1) is 17.0 Å². The highest BCUT2D eigenvalue weighted by atomic mass is 16.3. The molecule has 2 rings (SSSR count). The monoisotopic (exact) mass is 262 g/mol. The third-order valence-electron chi connectivity index (χ3n) is 2.81. The number of fused-ring (bicyclic) bond motifs is 1. The molecule has 6 nitrogen and oxygen atoms in total. The summed E-state index contributed by atoms with van der Waals surface area (Å²) in [5, 5.41) is 12.8. The molecule has 0 aliphatic carbocycles. The van der Waals surface area contributed by atoms with E-state index in [0.717, 1.165) is 0 Å². The van der Waals surface area contributed by atoms with Gasteiger partial charge < -0.3 is 16.2 Å². The molecule has 1 aromatic carbocycles. The molecular formula is C13H18N4O2. The average Bonchev–Trinajstić information content (AvgIpc) is 2.29. The number of hydrogen-bond donors (Lipinski definition) is 4. The van der Waals surface area contributed by atoms with Crippen LogP contribution in [0.4, 0.5) is 11.6 Å². The van der Waals surface area contributed by atoms with E-state index < -0.39 is 6.10 Å². The van der Waals surface area contributed by atoms with E-state index in [0.29, 0.717) is 29.0 Å². The van der Waals surface area contributed by atoms with Gasteiger partial charge in [-0.2, -0.15) is 0 Å². The van der Waals surface area contributed by atoms with Crippen molar-refractivity contribution in [1.29, 1.82) is 0 Å². The first kappa shape index (κ1) is 13.4. The van der Waals surface area contributed by atoms with Gasteiger partial charge in [-0.3, -0.25) is 9.78 Å². The van der Waals surface area contributed by atoms with E-state index in [4.69, 9.17) is 5.73 Å². The summed E-state index contributed by atoms with van der Waals surface area (Å²) in [6, 6.07) is 5.03. The lowest BCUT2D eigenvalue weighted by molar-refractivity contribution is 0.179. The Hall–Kier alpha value is -2.08. The molecule has 0 saturated carbocycles. The molecule has 0 radical (unpaired) electrons. The highest BCUT2D eigenvalue weighted by molar-refractivity contribution is 5.81. The molecular weight excluding hydrogens is 244 g/mol. The SMILES string of the molecule is CC(O)CC(C)Nc1nc2ccc(N)cc2c(=O)[nH]1. The zero-order chi connectivity index (χ0) is 14.0. The van der Waals surface area contributed by atoms with Crippen molar-refractivity contribution in [3.05, 3.63) is 28.6 Å². The number of H-pyrrole nitrogens is 1. The maximum atomic E-state index is 11.9. The summed E-state index contributed by atoms with van der Waals surface area (Å²) in [6.07, 6.45) is 0.165. The Balaban J connectivity index is 2.31. The Bertz CT molecular complexity index is 636. The van der Waals surface area contributed by atoms with Crippen LogP contribution in [0.1, 0.15) is 20.3 Å². The van der Waals surface area contributed by atoms with Crippen LogP contribution in [0.15, 0.2) is 23.0 Å². The third kappa shape index (κ3) is 3.23. The fraction of sp³-hybridized carbons (Fsp3) is 0.385. The van der Waals surface area contributed by atoms with Gasteiger partial charge in [-0.15, -0.1) is 0 Å². The van der Waals surface area contributed by atoms with E-state index in [9.17, 15) is 9.90 Å². The summed E-state index contributed by atoms with van der Waals surface area (Å²) in [7, 11) is 0. The van der Waals surface area contributed by atoms with Gasteiger partial charge in [-0.05, 0) is 38.5 Å². The van der Waals surface area contributed by atoms with Crippen LogP contribution in [0, 0.1) is 0 Å². The highest BCUT2D eigenvalue weighted by Crippen LogP contribution is 2.13. The van der Waals surface area contributed by atoms with Crippen LogP contribution in [0.5, 0.6) is 0 Å². The molecule has 0 spiro atoms. The number of aromatic nitrogens is 2. The topological polar surface area (TPSA) is 104 Å². The molecule has 0 fully saturated rings. The van der Waals surface area contributed by atoms with E-state index in [1.165, 1.54) is 0 Å². The van der Waals surface area contributed by atoms with Crippen LogP contribution in [-0.4, -0.2) is 27.2 Å². The number of nitrogens with two attached hydrogens (primary N) is 1. The molecule has 0 saturated heterocycles. The molecule has 0 aliphatic rings.